The van der Waals surface area contributed by atoms with Crippen molar-refractivity contribution in [2.24, 2.45) is 24.8 Å². The molecule has 1 amide bonds. The van der Waals surface area contributed by atoms with E-state index in [1.54, 1.807) is 25.2 Å². The zero-order chi connectivity index (χ0) is 32.5. The molecule has 3 heterocycles. The van der Waals surface area contributed by atoms with Crippen LogP contribution >= 0.6 is 0 Å². The van der Waals surface area contributed by atoms with Crippen molar-refractivity contribution in [2.75, 3.05) is 44.7 Å². The molecule has 1 aromatic heterocycles. The Morgan fingerprint density at radius 1 is 1.11 bits per heavy atom. The SMILES string of the molecule is COC(=O)N[C@H]1CCC[C@@H]1[C@](C#N)(c1cccc(F)c1)C1CCN(CC2CN(c3ccc(S(=O)(=O)c4cnn(C)c4)cc3)C2)CC1. The molecule has 10 nitrogen and oxygen atoms in total. The number of rotatable bonds is 9. The van der Waals surface area contributed by atoms with Gasteiger partial charge in [0, 0.05) is 56.4 Å². The number of nitriles is 1. The van der Waals surface area contributed by atoms with Crippen LogP contribution in [0.25, 0.3) is 0 Å². The van der Waals surface area contributed by atoms with Crippen LogP contribution in [0, 0.1) is 34.9 Å². The van der Waals surface area contributed by atoms with Crippen molar-refractivity contribution in [1.82, 2.24) is 20.0 Å². The predicted molar refractivity (Wildman–Crippen MR) is 170 cm³/mol. The second-order valence-electron chi connectivity index (χ2n) is 13.0. The quantitative estimate of drug-likeness (QED) is 0.360. The van der Waals surface area contributed by atoms with Gasteiger partial charge in [0.05, 0.1) is 29.7 Å². The number of sulfone groups is 1. The Labute approximate surface area is 270 Å². The van der Waals surface area contributed by atoms with Gasteiger partial charge in [0.1, 0.15) is 10.7 Å². The maximum atomic E-state index is 14.6. The number of nitrogens with one attached hydrogen (secondary N) is 1. The maximum absolute atomic E-state index is 14.6. The second kappa shape index (κ2) is 13.0. The zero-order valence-corrected chi connectivity index (χ0v) is 27.1. The normalized spacial score (nSPS) is 22.5. The molecule has 1 aliphatic carbocycles. The maximum Gasteiger partial charge on any atom is 0.407 e. The van der Waals surface area contributed by atoms with Gasteiger partial charge in [-0.3, -0.25) is 4.68 Å². The van der Waals surface area contributed by atoms with E-state index in [1.807, 2.05) is 18.2 Å². The van der Waals surface area contributed by atoms with Gasteiger partial charge in [-0.25, -0.2) is 17.6 Å². The van der Waals surface area contributed by atoms with E-state index in [4.69, 9.17) is 4.74 Å². The van der Waals surface area contributed by atoms with Gasteiger partial charge in [-0.15, -0.1) is 0 Å². The number of ether oxygens (including phenoxy) is 1. The van der Waals surface area contributed by atoms with E-state index in [2.05, 4.69) is 26.3 Å². The van der Waals surface area contributed by atoms with E-state index in [9.17, 15) is 22.9 Å². The third-order valence-corrected chi connectivity index (χ3v) is 12.0. The molecule has 1 N–H and O–H groups in total. The highest BCUT2D eigenvalue weighted by Gasteiger charge is 2.52. The summed E-state index contributed by atoms with van der Waals surface area (Å²) in [6, 6.07) is 16.0. The van der Waals surface area contributed by atoms with Crippen LogP contribution in [0.2, 0.25) is 0 Å². The Kier molecular flexibility index (Phi) is 9.08. The van der Waals surface area contributed by atoms with Crippen molar-refractivity contribution in [3.63, 3.8) is 0 Å². The van der Waals surface area contributed by atoms with Crippen molar-refractivity contribution >= 4 is 21.6 Å². The van der Waals surface area contributed by atoms with Crippen LogP contribution in [-0.4, -0.2) is 75.1 Å². The molecule has 12 heteroatoms. The van der Waals surface area contributed by atoms with Gasteiger partial charge in [0.2, 0.25) is 9.84 Å². The molecular weight excluding hydrogens is 607 g/mol. The molecule has 2 aromatic carbocycles. The van der Waals surface area contributed by atoms with Crippen molar-refractivity contribution in [3.8, 4) is 6.07 Å². The number of methoxy groups -OCH3 is 1. The van der Waals surface area contributed by atoms with Gasteiger partial charge in [-0.1, -0.05) is 18.6 Å². The first-order chi connectivity index (χ1) is 22.1. The number of amides is 1. The molecule has 3 aliphatic rings. The average Bonchev–Trinajstić information content (AvgIpc) is 3.70. The van der Waals surface area contributed by atoms with Crippen LogP contribution in [0.3, 0.4) is 0 Å². The highest BCUT2D eigenvalue weighted by atomic mass is 32.2. The summed E-state index contributed by atoms with van der Waals surface area (Å²) in [7, 11) is -0.572. The number of halogens is 1. The van der Waals surface area contributed by atoms with Crippen molar-refractivity contribution in [3.05, 3.63) is 72.3 Å². The minimum absolute atomic E-state index is 0.0277. The molecular formula is C34H41FN6O4S. The lowest BCUT2D eigenvalue weighted by Crippen LogP contribution is -2.55. The number of benzene rings is 2. The van der Waals surface area contributed by atoms with Crippen LogP contribution in [0.1, 0.15) is 37.7 Å². The number of anilines is 1. The third-order valence-electron chi connectivity index (χ3n) is 10.3. The molecule has 244 valence electrons. The molecule has 0 bridgehead atoms. The summed E-state index contributed by atoms with van der Waals surface area (Å²) in [6.07, 6.45) is 6.43. The summed E-state index contributed by atoms with van der Waals surface area (Å²) >= 11 is 0. The zero-order valence-electron chi connectivity index (χ0n) is 26.3. The number of hydrogen-bond acceptors (Lipinski definition) is 8. The van der Waals surface area contributed by atoms with Crippen LogP contribution < -0.4 is 10.2 Å². The molecule has 2 saturated heterocycles. The fourth-order valence-corrected chi connectivity index (χ4v) is 9.21. The Hall–Kier alpha value is -3.95. The fourth-order valence-electron chi connectivity index (χ4n) is 7.97. The predicted octanol–water partition coefficient (Wildman–Crippen LogP) is 4.53. The fraction of sp³-hybridized carbons (Fsp3) is 0.500. The first-order valence-corrected chi connectivity index (χ1v) is 17.4. The molecule has 1 saturated carbocycles. The van der Waals surface area contributed by atoms with Crippen LogP contribution in [0.4, 0.5) is 14.9 Å². The monoisotopic (exact) mass is 648 g/mol. The molecule has 3 atom stereocenters. The van der Waals surface area contributed by atoms with Crippen LogP contribution in [0.5, 0.6) is 0 Å². The molecule has 3 aromatic rings. The summed E-state index contributed by atoms with van der Waals surface area (Å²) in [5, 5.41) is 17.8. The van der Waals surface area contributed by atoms with E-state index in [-0.39, 0.29) is 33.5 Å². The first-order valence-electron chi connectivity index (χ1n) is 16.0. The second-order valence-corrected chi connectivity index (χ2v) is 14.9. The lowest BCUT2D eigenvalue weighted by atomic mass is 9.59. The summed E-state index contributed by atoms with van der Waals surface area (Å²) in [4.78, 5) is 17.3. The Morgan fingerprint density at radius 2 is 1.85 bits per heavy atom. The van der Waals surface area contributed by atoms with E-state index in [1.165, 1.54) is 36.3 Å². The number of nitrogens with zero attached hydrogens (tertiary/aromatic N) is 5. The Bertz CT molecular complexity index is 1690. The number of carbonyl (C=O) groups excluding carboxylic acids is 1. The van der Waals surface area contributed by atoms with Gasteiger partial charge in [-0.05, 0) is 86.7 Å². The first kappa shape index (κ1) is 32.0. The number of aryl methyl sites for hydroxylation is 1. The number of likely N-dealkylation sites (tertiary alicyclic amines) is 1. The molecule has 2 aliphatic heterocycles. The molecule has 6 rings (SSSR count). The highest BCUT2D eigenvalue weighted by Crippen LogP contribution is 2.50. The van der Waals surface area contributed by atoms with E-state index >= 15 is 0 Å². The van der Waals surface area contributed by atoms with E-state index in [0.29, 0.717) is 11.5 Å². The lowest BCUT2D eigenvalue weighted by molar-refractivity contribution is 0.0938. The Morgan fingerprint density at radius 3 is 2.48 bits per heavy atom. The molecule has 46 heavy (non-hydrogen) atoms. The summed E-state index contributed by atoms with van der Waals surface area (Å²) < 4.78 is 46.7. The topological polar surface area (TPSA) is 121 Å². The lowest BCUT2D eigenvalue weighted by Gasteiger charge is -2.48. The number of alkyl carbamates (subject to hydrolysis) is 1. The van der Waals surface area contributed by atoms with E-state index < -0.39 is 21.3 Å². The molecule has 3 fully saturated rings. The van der Waals surface area contributed by atoms with Crippen molar-refractivity contribution < 1.29 is 22.3 Å². The highest BCUT2D eigenvalue weighted by molar-refractivity contribution is 7.91. The number of piperidine rings is 1. The summed E-state index contributed by atoms with van der Waals surface area (Å²) in [5.41, 5.74) is 0.784. The van der Waals surface area contributed by atoms with Gasteiger partial charge < -0.3 is 19.9 Å². The van der Waals surface area contributed by atoms with Crippen molar-refractivity contribution in [1.29, 1.82) is 5.26 Å². The third kappa shape index (κ3) is 6.10. The largest absolute Gasteiger partial charge is 0.453 e. The van der Waals surface area contributed by atoms with E-state index in [0.717, 1.165) is 70.5 Å². The van der Waals surface area contributed by atoms with Gasteiger partial charge in [-0.2, -0.15) is 10.4 Å². The average molecular weight is 649 g/mol. The summed E-state index contributed by atoms with van der Waals surface area (Å²) in [6.45, 7) is 4.43. The molecule has 0 unspecified atom stereocenters. The standard InChI is InChI=1S/C34H41FN6O4S/c1-39-22-30(18-37-39)46(43,44)29-11-9-28(10-12-29)41-20-24(21-41)19-40-15-13-25(14-16-40)34(23-36,26-5-3-6-27(35)17-26)31-7-4-8-32(31)38-33(42)45-2/h3,5-6,9-12,17-18,22,24-25,31-32H,4,7-8,13-16,19-21H2,1-2H3,(H,38,42)/t31-,32-,34-/m0/s1. The number of aromatic nitrogens is 2. The van der Waals surface area contributed by atoms with Gasteiger partial charge >= 0.3 is 6.09 Å². The Balaban J connectivity index is 1.08. The molecule has 0 spiro atoms. The number of carbonyl (C=O) groups is 1. The number of hydrogen-bond donors (Lipinski definition) is 1. The van der Waals surface area contributed by atoms with Crippen LogP contribution in [-0.2, 0) is 27.0 Å². The minimum atomic E-state index is -3.60. The molecule has 0 radical (unpaired) electrons. The summed E-state index contributed by atoms with van der Waals surface area (Å²) in [5.74, 6) is 0.0212. The van der Waals surface area contributed by atoms with Gasteiger partial charge in [0.15, 0.2) is 0 Å². The van der Waals surface area contributed by atoms with Crippen LogP contribution in [0.15, 0.2) is 70.7 Å². The van der Waals surface area contributed by atoms with Crippen molar-refractivity contribution in [2.45, 2.75) is 53.4 Å². The smallest absolute Gasteiger partial charge is 0.407 e. The van der Waals surface area contributed by atoms with Gasteiger partial charge in [0.25, 0.3) is 0 Å². The minimum Gasteiger partial charge on any atom is -0.453 e.